The number of piperidine rings is 1. The standard InChI is InChI=1S/C21H23N3O2S/c25-27(26,18-9-8-15-4-3-5-17(15)14-18)24-12-10-16(11-13-24)21-22-19-6-1-2-7-20(19)23-21/h1-2,6-9,14,16H,3-5,10-13H2,(H,22,23). The van der Waals surface area contributed by atoms with Crippen molar-refractivity contribution in [1.82, 2.24) is 14.3 Å². The van der Waals surface area contributed by atoms with Crippen molar-refractivity contribution in [2.75, 3.05) is 13.1 Å². The first-order valence-corrected chi connectivity index (χ1v) is 11.1. The van der Waals surface area contributed by atoms with Crippen molar-refractivity contribution in [3.8, 4) is 0 Å². The minimum Gasteiger partial charge on any atom is -0.342 e. The Bertz CT molecular complexity index is 1060. The van der Waals surface area contributed by atoms with Gasteiger partial charge in [0.05, 0.1) is 15.9 Å². The highest BCUT2D eigenvalue weighted by Crippen LogP contribution is 2.32. The summed E-state index contributed by atoms with van der Waals surface area (Å²) in [6, 6.07) is 13.7. The molecule has 6 heteroatoms. The molecule has 1 aromatic heterocycles. The molecule has 1 saturated heterocycles. The van der Waals surface area contributed by atoms with Crippen LogP contribution in [0.15, 0.2) is 47.4 Å². The van der Waals surface area contributed by atoms with Crippen LogP contribution >= 0.6 is 0 Å². The first-order valence-electron chi connectivity index (χ1n) is 9.68. The van der Waals surface area contributed by atoms with Gasteiger partial charge < -0.3 is 4.98 Å². The number of imidazole rings is 1. The third-order valence-corrected chi connectivity index (χ3v) is 7.85. The summed E-state index contributed by atoms with van der Waals surface area (Å²) >= 11 is 0. The molecule has 1 N–H and O–H groups in total. The lowest BCUT2D eigenvalue weighted by Crippen LogP contribution is -2.38. The third-order valence-electron chi connectivity index (χ3n) is 5.96. The number of para-hydroxylation sites is 2. The number of nitrogens with zero attached hydrogens (tertiary/aromatic N) is 2. The fraction of sp³-hybridized carbons (Fsp3) is 0.381. The van der Waals surface area contributed by atoms with Crippen molar-refractivity contribution in [2.24, 2.45) is 0 Å². The zero-order chi connectivity index (χ0) is 18.4. The van der Waals surface area contributed by atoms with E-state index >= 15 is 0 Å². The molecule has 0 atom stereocenters. The van der Waals surface area contributed by atoms with E-state index in [9.17, 15) is 8.42 Å². The predicted octanol–water partition coefficient (Wildman–Crippen LogP) is 3.62. The number of aromatic amines is 1. The molecule has 0 unspecified atom stereocenters. The predicted molar refractivity (Wildman–Crippen MR) is 105 cm³/mol. The SMILES string of the molecule is O=S(=O)(c1ccc2c(c1)CCC2)N1CCC(c2nc3ccccc3[nH]2)CC1. The summed E-state index contributed by atoms with van der Waals surface area (Å²) in [5.41, 5.74) is 4.52. The van der Waals surface area contributed by atoms with E-state index in [2.05, 4.69) is 4.98 Å². The van der Waals surface area contributed by atoms with Crippen LogP contribution in [0.2, 0.25) is 0 Å². The van der Waals surface area contributed by atoms with Crippen LogP contribution < -0.4 is 0 Å². The van der Waals surface area contributed by atoms with Crippen LogP contribution in [0.5, 0.6) is 0 Å². The van der Waals surface area contributed by atoms with Crippen LogP contribution in [-0.4, -0.2) is 35.8 Å². The van der Waals surface area contributed by atoms with E-state index < -0.39 is 10.0 Å². The first kappa shape index (κ1) is 17.0. The highest BCUT2D eigenvalue weighted by molar-refractivity contribution is 7.89. The quantitative estimate of drug-likeness (QED) is 0.753. The van der Waals surface area contributed by atoms with Crippen molar-refractivity contribution in [1.29, 1.82) is 0 Å². The molecule has 2 heterocycles. The number of rotatable bonds is 3. The number of fused-ring (bicyclic) bond motifs is 2. The van der Waals surface area contributed by atoms with Gasteiger partial charge in [-0.15, -0.1) is 0 Å². The molecule has 0 radical (unpaired) electrons. The van der Waals surface area contributed by atoms with Crippen molar-refractivity contribution < 1.29 is 8.42 Å². The van der Waals surface area contributed by atoms with E-state index in [-0.39, 0.29) is 5.92 Å². The number of hydrogen-bond donors (Lipinski definition) is 1. The Balaban J connectivity index is 1.33. The van der Waals surface area contributed by atoms with Gasteiger partial charge in [0.2, 0.25) is 10.0 Å². The molecule has 0 spiro atoms. The molecule has 27 heavy (non-hydrogen) atoms. The molecule has 0 bridgehead atoms. The van der Waals surface area contributed by atoms with E-state index in [0.717, 1.165) is 49.0 Å². The molecule has 2 aromatic carbocycles. The summed E-state index contributed by atoms with van der Waals surface area (Å²) in [4.78, 5) is 8.55. The van der Waals surface area contributed by atoms with E-state index in [1.54, 1.807) is 10.4 Å². The summed E-state index contributed by atoms with van der Waals surface area (Å²) < 4.78 is 27.8. The number of aromatic nitrogens is 2. The lowest BCUT2D eigenvalue weighted by Gasteiger charge is -2.30. The monoisotopic (exact) mass is 381 g/mol. The summed E-state index contributed by atoms with van der Waals surface area (Å²) in [6.07, 6.45) is 4.78. The van der Waals surface area contributed by atoms with Gasteiger partial charge in [0.25, 0.3) is 0 Å². The molecule has 0 saturated carbocycles. The Kier molecular flexibility index (Phi) is 4.06. The average Bonchev–Trinajstić information content (AvgIpc) is 3.34. The van der Waals surface area contributed by atoms with E-state index in [1.807, 2.05) is 36.4 Å². The summed E-state index contributed by atoms with van der Waals surface area (Å²) in [6.45, 7) is 1.09. The van der Waals surface area contributed by atoms with Crippen LogP contribution in [0.4, 0.5) is 0 Å². The fourth-order valence-electron chi connectivity index (χ4n) is 4.39. The Morgan fingerprint density at radius 3 is 2.59 bits per heavy atom. The van der Waals surface area contributed by atoms with E-state index in [1.165, 1.54) is 11.1 Å². The zero-order valence-electron chi connectivity index (χ0n) is 15.2. The molecule has 1 fully saturated rings. The number of benzene rings is 2. The number of nitrogens with one attached hydrogen (secondary N) is 1. The maximum atomic E-state index is 13.1. The number of H-pyrrole nitrogens is 1. The van der Waals surface area contributed by atoms with Crippen LogP contribution in [0.3, 0.4) is 0 Å². The minimum absolute atomic E-state index is 0.281. The largest absolute Gasteiger partial charge is 0.342 e. The average molecular weight is 382 g/mol. The van der Waals surface area contributed by atoms with Gasteiger partial charge >= 0.3 is 0 Å². The van der Waals surface area contributed by atoms with E-state index in [0.29, 0.717) is 18.0 Å². The van der Waals surface area contributed by atoms with Crippen molar-refractivity contribution in [3.05, 3.63) is 59.4 Å². The van der Waals surface area contributed by atoms with Gasteiger partial charge in [-0.25, -0.2) is 13.4 Å². The molecule has 5 rings (SSSR count). The second-order valence-corrected chi connectivity index (χ2v) is 9.54. The second-order valence-electron chi connectivity index (χ2n) is 7.60. The lowest BCUT2D eigenvalue weighted by molar-refractivity contribution is 0.314. The first-order chi connectivity index (χ1) is 13.1. The van der Waals surface area contributed by atoms with Gasteiger partial charge in [-0.1, -0.05) is 18.2 Å². The molecular weight excluding hydrogens is 358 g/mol. The molecular formula is C21H23N3O2S. The molecule has 5 nitrogen and oxygen atoms in total. The summed E-state index contributed by atoms with van der Waals surface area (Å²) in [5.74, 6) is 1.26. The third kappa shape index (κ3) is 2.97. The van der Waals surface area contributed by atoms with Crippen LogP contribution in [0, 0.1) is 0 Å². The van der Waals surface area contributed by atoms with Crippen LogP contribution in [-0.2, 0) is 22.9 Å². The van der Waals surface area contributed by atoms with Gasteiger partial charge in [0, 0.05) is 19.0 Å². The van der Waals surface area contributed by atoms with Gasteiger partial charge in [-0.2, -0.15) is 4.31 Å². The minimum atomic E-state index is -3.41. The van der Waals surface area contributed by atoms with Crippen LogP contribution in [0.1, 0.15) is 42.1 Å². The number of aryl methyl sites for hydroxylation is 2. The van der Waals surface area contributed by atoms with Crippen molar-refractivity contribution >= 4 is 21.1 Å². The maximum Gasteiger partial charge on any atom is 0.243 e. The van der Waals surface area contributed by atoms with Gasteiger partial charge in [0.15, 0.2) is 0 Å². The van der Waals surface area contributed by atoms with Crippen molar-refractivity contribution in [2.45, 2.75) is 42.9 Å². The maximum absolute atomic E-state index is 13.1. The molecule has 2 aliphatic rings. The summed E-state index contributed by atoms with van der Waals surface area (Å²) in [5, 5.41) is 0. The molecule has 0 amide bonds. The number of sulfonamides is 1. The Morgan fingerprint density at radius 1 is 1.00 bits per heavy atom. The topological polar surface area (TPSA) is 66.1 Å². The second kappa shape index (κ2) is 6.46. The Labute approximate surface area is 159 Å². The smallest absolute Gasteiger partial charge is 0.243 e. The van der Waals surface area contributed by atoms with Gasteiger partial charge in [-0.3, -0.25) is 0 Å². The number of hydrogen-bond acceptors (Lipinski definition) is 3. The molecule has 1 aliphatic heterocycles. The normalized spacial score (nSPS) is 18.8. The zero-order valence-corrected chi connectivity index (χ0v) is 16.0. The molecule has 3 aromatic rings. The van der Waals surface area contributed by atoms with Crippen molar-refractivity contribution in [3.63, 3.8) is 0 Å². The molecule has 140 valence electrons. The Hall–Kier alpha value is -2.18. The fourth-order valence-corrected chi connectivity index (χ4v) is 5.91. The van der Waals surface area contributed by atoms with Crippen LogP contribution in [0.25, 0.3) is 11.0 Å². The highest BCUT2D eigenvalue weighted by atomic mass is 32.2. The van der Waals surface area contributed by atoms with Gasteiger partial charge in [0.1, 0.15) is 5.82 Å². The van der Waals surface area contributed by atoms with E-state index in [4.69, 9.17) is 4.98 Å². The molecule has 1 aliphatic carbocycles. The highest BCUT2D eigenvalue weighted by Gasteiger charge is 2.31. The lowest BCUT2D eigenvalue weighted by atomic mass is 9.97. The van der Waals surface area contributed by atoms with Gasteiger partial charge in [-0.05, 0) is 67.5 Å². The summed E-state index contributed by atoms with van der Waals surface area (Å²) in [7, 11) is -3.41. The Morgan fingerprint density at radius 2 is 1.78 bits per heavy atom.